The second-order valence-electron chi connectivity index (χ2n) is 5.52. The van der Waals surface area contributed by atoms with Crippen molar-refractivity contribution in [2.75, 3.05) is 17.7 Å². The summed E-state index contributed by atoms with van der Waals surface area (Å²) in [6.07, 6.45) is 1.60. The van der Waals surface area contributed by atoms with Gasteiger partial charge in [0.05, 0.1) is 16.3 Å². The molecule has 0 aromatic heterocycles. The highest BCUT2D eigenvalue weighted by atomic mass is 35.5. The molecule has 0 radical (unpaired) electrons. The number of nitrogens with two attached hydrogens (primary N) is 1. The van der Waals surface area contributed by atoms with E-state index in [1.807, 2.05) is 32.0 Å². The summed E-state index contributed by atoms with van der Waals surface area (Å²) in [4.78, 5) is 24.2. The lowest BCUT2D eigenvalue weighted by molar-refractivity contribution is -0.119. The number of anilines is 2. The summed E-state index contributed by atoms with van der Waals surface area (Å²) < 4.78 is 5.05. The highest BCUT2D eigenvalue weighted by molar-refractivity contribution is 6.33. The molecule has 0 aliphatic rings. The topological polar surface area (TPSA) is 81.4 Å². The molecule has 0 saturated heterocycles. The SMILES string of the molecule is CCc1cccc(CC)c1NC(=O)COC(=O)c1ccc(Cl)c(N)c1. The zero-order valence-electron chi connectivity index (χ0n) is 14.3. The first kappa shape index (κ1) is 18.8. The molecular formula is C19H21ClN2O3. The van der Waals surface area contributed by atoms with Gasteiger partial charge in [0.1, 0.15) is 0 Å². The summed E-state index contributed by atoms with van der Waals surface area (Å²) in [6.45, 7) is 3.67. The normalized spacial score (nSPS) is 10.4. The van der Waals surface area contributed by atoms with E-state index < -0.39 is 5.97 Å². The van der Waals surface area contributed by atoms with E-state index in [9.17, 15) is 9.59 Å². The second kappa shape index (κ2) is 8.53. The number of halogens is 1. The van der Waals surface area contributed by atoms with E-state index in [0.29, 0.717) is 5.02 Å². The van der Waals surface area contributed by atoms with Crippen LogP contribution in [-0.2, 0) is 22.4 Å². The third kappa shape index (κ3) is 4.73. The first-order chi connectivity index (χ1) is 12.0. The fourth-order valence-electron chi connectivity index (χ4n) is 2.46. The van der Waals surface area contributed by atoms with E-state index in [2.05, 4.69) is 5.32 Å². The maximum Gasteiger partial charge on any atom is 0.338 e. The lowest BCUT2D eigenvalue weighted by Crippen LogP contribution is -2.22. The minimum absolute atomic E-state index is 0.248. The molecule has 2 aromatic carbocycles. The van der Waals surface area contributed by atoms with E-state index in [-0.39, 0.29) is 23.8 Å². The number of carbonyl (C=O) groups is 2. The fraction of sp³-hybridized carbons (Fsp3) is 0.263. The lowest BCUT2D eigenvalue weighted by atomic mass is 10.0. The van der Waals surface area contributed by atoms with Crippen molar-refractivity contribution in [1.82, 2.24) is 0 Å². The summed E-state index contributed by atoms with van der Waals surface area (Å²) in [5.41, 5.74) is 9.08. The van der Waals surface area contributed by atoms with Gasteiger partial charge in [-0.2, -0.15) is 0 Å². The van der Waals surface area contributed by atoms with Crippen LogP contribution >= 0.6 is 11.6 Å². The highest BCUT2D eigenvalue weighted by Gasteiger charge is 2.14. The molecule has 5 nitrogen and oxygen atoms in total. The summed E-state index contributed by atoms with van der Waals surface area (Å²) in [6, 6.07) is 10.3. The Morgan fingerprint density at radius 3 is 2.32 bits per heavy atom. The van der Waals surface area contributed by atoms with E-state index in [1.165, 1.54) is 18.2 Å². The Balaban J connectivity index is 2.01. The van der Waals surface area contributed by atoms with Gasteiger partial charge in [-0.25, -0.2) is 4.79 Å². The average Bonchev–Trinajstić information content (AvgIpc) is 2.62. The predicted octanol–water partition coefficient (Wildman–Crippen LogP) is 3.84. The van der Waals surface area contributed by atoms with Crippen LogP contribution in [0.1, 0.15) is 35.3 Å². The molecule has 132 valence electrons. The molecule has 0 saturated carbocycles. The third-order valence-corrected chi connectivity index (χ3v) is 4.17. The minimum Gasteiger partial charge on any atom is -0.452 e. The van der Waals surface area contributed by atoms with Crippen LogP contribution in [0.2, 0.25) is 5.02 Å². The van der Waals surface area contributed by atoms with Crippen molar-refractivity contribution < 1.29 is 14.3 Å². The Labute approximate surface area is 152 Å². The molecule has 2 aromatic rings. The number of esters is 1. The van der Waals surface area contributed by atoms with Gasteiger partial charge in [-0.1, -0.05) is 43.6 Å². The Morgan fingerprint density at radius 2 is 1.76 bits per heavy atom. The van der Waals surface area contributed by atoms with Gasteiger partial charge < -0.3 is 15.8 Å². The Bertz CT molecular complexity index is 768. The molecule has 0 unspecified atom stereocenters. The molecule has 0 aliphatic heterocycles. The van der Waals surface area contributed by atoms with Crippen LogP contribution in [0.25, 0.3) is 0 Å². The largest absolute Gasteiger partial charge is 0.452 e. The summed E-state index contributed by atoms with van der Waals surface area (Å²) in [5, 5.41) is 3.21. The highest BCUT2D eigenvalue weighted by Crippen LogP contribution is 2.23. The number of ether oxygens (including phenoxy) is 1. The number of nitrogens with one attached hydrogen (secondary N) is 1. The maximum absolute atomic E-state index is 12.2. The van der Waals surface area contributed by atoms with Crippen molar-refractivity contribution in [3.63, 3.8) is 0 Å². The number of amides is 1. The van der Waals surface area contributed by atoms with Crippen molar-refractivity contribution in [3.8, 4) is 0 Å². The number of hydrogen-bond acceptors (Lipinski definition) is 4. The van der Waals surface area contributed by atoms with Crippen molar-refractivity contribution in [2.45, 2.75) is 26.7 Å². The molecule has 0 spiro atoms. The fourth-order valence-corrected chi connectivity index (χ4v) is 2.58. The molecule has 0 bridgehead atoms. The second-order valence-corrected chi connectivity index (χ2v) is 5.93. The molecule has 0 aliphatic carbocycles. The van der Waals surface area contributed by atoms with Crippen LogP contribution in [0.15, 0.2) is 36.4 Å². The van der Waals surface area contributed by atoms with Crippen molar-refractivity contribution in [2.24, 2.45) is 0 Å². The van der Waals surface area contributed by atoms with Gasteiger partial charge >= 0.3 is 5.97 Å². The van der Waals surface area contributed by atoms with Gasteiger partial charge in [-0.05, 0) is 42.2 Å². The Kier molecular flexibility index (Phi) is 6.42. The van der Waals surface area contributed by atoms with Crippen molar-refractivity contribution in [3.05, 3.63) is 58.1 Å². The molecule has 6 heteroatoms. The molecule has 0 atom stereocenters. The van der Waals surface area contributed by atoms with Crippen LogP contribution in [-0.4, -0.2) is 18.5 Å². The van der Waals surface area contributed by atoms with Gasteiger partial charge in [-0.15, -0.1) is 0 Å². The standard InChI is InChI=1S/C19H21ClN2O3/c1-3-12-6-5-7-13(4-2)18(12)22-17(23)11-25-19(24)14-8-9-15(20)16(21)10-14/h5-10H,3-4,11,21H2,1-2H3,(H,22,23). The van der Waals surface area contributed by atoms with E-state index in [1.54, 1.807) is 0 Å². The predicted molar refractivity (Wildman–Crippen MR) is 100.0 cm³/mol. The quantitative estimate of drug-likeness (QED) is 0.605. The summed E-state index contributed by atoms with van der Waals surface area (Å²) in [7, 11) is 0. The zero-order chi connectivity index (χ0) is 18.4. The summed E-state index contributed by atoms with van der Waals surface area (Å²) >= 11 is 5.82. The van der Waals surface area contributed by atoms with Crippen molar-refractivity contribution >= 4 is 34.9 Å². The van der Waals surface area contributed by atoms with Crippen LogP contribution < -0.4 is 11.1 Å². The number of rotatable bonds is 6. The third-order valence-electron chi connectivity index (χ3n) is 3.83. The van der Waals surface area contributed by atoms with Crippen molar-refractivity contribution in [1.29, 1.82) is 0 Å². The molecule has 2 rings (SSSR count). The molecule has 0 heterocycles. The van der Waals surface area contributed by atoms with Gasteiger partial charge in [-0.3, -0.25) is 4.79 Å². The van der Waals surface area contributed by atoms with E-state index >= 15 is 0 Å². The molecular weight excluding hydrogens is 340 g/mol. The first-order valence-electron chi connectivity index (χ1n) is 8.09. The molecule has 3 N–H and O–H groups in total. The zero-order valence-corrected chi connectivity index (χ0v) is 15.0. The van der Waals surface area contributed by atoms with Crippen LogP contribution in [0, 0.1) is 0 Å². The van der Waals surface area contributed by atoms with Gasteiger partial charge in [0.25, 0.3) is 5.91 Å². The van der Waals surface area contributed by atoms with Gasteiger partial charge in [0, 0.05) is 5.69 Å². The van der Waals surface area contributed by atoms with Crippen LogP contribution in [0.5, 0.6) is 0 Å². The van der Waals surface area contributed by atoms with Gasteiger partial charge in [0.2, 0.25) is 0 Å². The van der Waals surface area contributed by atoms with E-state index in [4.69, 9.17) is 22.1 Å². The lowest BCUT2D eigenvalue weighted by Gasteiger charge is -2.14. The minimum atomic E-state index is -0.627. The van der Waals surface area contributed by atoms with Gasteiger partial charge in [0.15, 0.2) is 6.61 Å². The van der Waals surface area contributed by atoms with Crippen LogP contribution in [0.3, 0.4) is 0 Å². The first-order valence-corrected chi connectivity index (χ1v) is 8.46. The number of nitrogen functional groups attached to an aromatic ring is 1. The smallest absolute Gasteiger partial charge is 0.338 e. The number of para-hydroxylation sites is 1. The summed E-state index contributed by atoms with van der Waals surface area (Å²) in [5.74, 6) is -1.01. The molecule has 0 fully saturated rings. The average molecular weight is 361 g/mol. The Hall–Kier alpha value is -2.53. The number of aryl methyl sites for hydroxylation is 2. The number of benzene rings is 2. The number of hydrogen-bond donors (Lipinski definition) is 2. The molecule has 25 heavy (non-hydrogen) atoms. The van der Waals surface area contributed by atoms with Crippen LogP contribution in [0.4, 0.5) is 11.4 Å². The number of carbonyl (C=O) groups excluding carboxylic acids is 2. The Morgan fingerprint density at radius 1 is 1.12 bits per heavy atom. The monoisotopic (exact) mass is 360 g/mol. The molecule has 1 amide bonds. The maximum atomic E-state index is 12.2. The van der Waals surface area contributed by atoms with E-state index in [0.717, 1.165) is 29.7 Å².